The maximum absolute atomic E-state index is 12.6. The van der Waals surface area contributed by atoms with Gasteiger partial charge in [-0.25, -0.2) is 0 Å². The molecule has 0 saturated heterocycles. The van der Waals surface area contributed by atoms with Crippen LogP contribution in [-0.4, -0.2) is 36.1 Å². The van der Waals surface area contributed by atoms with Crippen molar-refractivity contribution in [2.45, 2.75) is 46.1 Å². The SMILES string of the molecule is CCN(CC)Cc1ccc(CNC(=O)[C@@H]2Oc3ccccc3O[C@@H]2C)cc1. The Morgan fingerprint density at radius 2 is 1.56 bits per heavy atom. The third kappa shape index (κ3) is 4.80. The average molecular weight is 368 g/mol. The van der Waals surface area contributed by atoms with Crippen molar-refractivity contribution >= 4 is 5.91 Å². The lowest BCUT2D eigenvalue weighted by Crippen LogP contribution is -2.48. The number of ether oxygens (including phenoxy) is 2. The highest BCUT2D eigenvalue weighted by Crippen LogP contribution is 2.33. The van der Waals surface area contributed by atoms with E-state index in [0.29, 0.717) is 18.0 Å². The molecule has 0 spiro atoms. The lowest BCUT2D eigenvalue weighted by molar-refractivity contribution is -0.133. The van der Waals surface area contributed by atoms with E-state index in [0.717, 1.165) is 25.2 Å². The first kappa shape index (κ1) is 19.2. The molecule has 0 aromatic heterocycles. The Balaban J connectivity index is 1.55. The number of nitrogens with one attached hydrogen (secondary N) is 1. The average Bonchev–Trinajstić information content (AvgIpc) is 2.70. The fourth-order valence-corrected chi connectivity index (χ4v) is 3.16. The Morgan fingerprint density at radius 1 is 0.963 bits per heavy atom. The molecule has 2 aromatic rings. The monoisotopic (exact) mass is 368 g/mol. The molecule has 1 N–H and O–H groups in total. The van der Waals surface area contributed by atoms with Crippen molar-refractivity contribution in [3.05, 3.63) is 59.7 Å². The van der Waals surface area contributed by atoms with E-state index in [2.05, 4.69) is 48.3 Å². The van der Waals surface area contributed by atoms with Crippen LogP contribution in [0.2, 0.25) is 0 Å². The normalized spacial score (nSPS) is 18.4. The summed E-state index contributed by atoms with van der Waals surface area (Å²) in [5.41, 5.74) is 2.35. The third-order valence-electron chi connectivity index (χ3n) is 4.89. The highest BCUT2D eigenvalue weighted by Gasteiger charge is 2.33. The molecular weight excluding hydrogens is 340 g/mol. The smallest absolute Gasteiger partial charge is 0.265 e. The fraction of sp³-hybridized carbons (Fsp3) is 0.409. The van der Waals surface area contributed by atoms with Crippen LogP contribution >= 0.6 is 0 Å². The van der Waals surface area contributed by atoms with Gasteiger partial charge in [-0.3, -0.25) is 9.69 Å². The maximum atomic E-state index is 12.6. The maximum Gasteiger partial charge on any atom is 0.265 e. The molecule has 0 bridgehead atoms. The molecule has 1 heterocycles. The number of hydrogen-bond donors (Lipinski definition) is 1. The summed E-state index contributed by atoms with van der Waals surface area (Å²) in [6.45, 7) is 9.69. The van der Waals surface area contributed by atoms with Crippen molar-refractivity contribution < 1.29 is 14.3 Å². The number of benzene rings is 2. The van der Waals surface area contributed by atoms with E-state index in [9.17, 15) is 4.79 Å². The third-order valence-corrected chi connectivity index (χ3v) is 4.89. The van der Waals surface area contributed by atoms with Gasteiger partial charge >= 0.3 is 0 Å². The van der Waals surface area contributed by atoms with Crippen LogP contribution < -0.4 is 14.8 Å². The van der Waals surface area contributed by atoms with E-state index in [1.807, 2.05) is 31.2 Å². The number of amides is 1. The van der Waals surface area contributed by atoms with Gasteiger partial charge in [0, 0.05) is 13.1 Å². The van der Waals surface area contributed by atoms with Gasteiger partial charge in [0.2, 0.25) is 6.10 Å². The summed E-state index contributed by atoms with van der Waals surface area (Å²) >= 11 is 0. The zero-order valence-corrected chi connectivity index (χ0v) is 16.3. The summed E-state index contributed by atoms with van der Waals surface area (Å²) in [6.07, 6.45) is -0.988. The molecule has 1 aliphatic heterocycles. The van der Waals surface area contributed by atoms with E-state index >= 15 is 0 Å². The van der Waals surface area contributed by atoms with Crippen molar-refractivity contribution in [3.63, 3.8) is 0 Å². The van der Waals surface area contributed by atoms with Gasteiger partial charge in [-0.2, -0.15) is 0 Å². The molecule has 0 unspecified atom stereocenters. The van der Waals surface area contributed by atoms with E-state index in [1.165, 1.54) is 5.56 Å². The highest BCUT2D eigenvalue weighted by molar-refractivity contribution is 5.82. The minimum absolute atomic E-state index is 0.163. The van der Waals surface area contributed by atoms with Crippen LogP contribution in [0.1, 0.15) is 31.9 Å². The van der Waals surface area contributed by atoms with Crippen molar-refractivity contribution in [2.75, 3.05) is 13.1 Å². The van der Waals surface area contributed by atoms with Gasteiger partial charge < -0.3 is 14.8 Å². The quantitative estimate of drug-likeness (QED) is 0.814. The van der Waals surface area contributed by atoms with Gasteiger partial charge in [0.15, 0.2) is 11.5 Å². The van der Waals surface area contributed by atoms with Gasteiger partial charge in [-0.1, -0.05) is 50.2 Å². The van der Waals surface area contributed by atoms with Gasteiger partial charge in [-0.15, -0.1) is 0 Å². The summed E-state index contributed by atoms with van der Waals surface area (Å²) in [4.78, 5) is 14.9. The first-order chi connectivity index (χ1) is 13.1. The van der Waals surface area contributed by atoms with E-state index < -0.39 is 6.10 Å². The molecule has 0 radical (unpaired) electrons. The van der Waals surface area contributed by atoms with Crippen LogP contribution in [0.4, 0.5) is 0 Å². The Kier molecular flexibility index (Phi) is 6.35. The van der Waals surface area contributed by atoms with Gasteiger partial charge in [0.25, 0.3) is 5.91 Å². The van der Waals surface area contributed by atoms with Crippen LogP contribution in [0.15, 0.2) is 48.5 Å². The molecule has 1 amide bonds. The second kappa shape index (κ2) is 8.91. The second-order valence-corrected chi connectivity index (χ2v) is 6.80. The Labute approximate surface area is 161 Å². The first-order valence-electron chi connectivity index (χ1n) is 9.61. The molecule has 0 aliphatic carbocycles. The summed E-state index contributed by atoms with van der Waals surface area (Å²) < 4.78 is 11.6. The molecule has 3 rings (SSSR count). The van der Waals surface area contributed by atoms with Gasteiger partial charge in [0.1, 0.15) is 6.10 Å². The van der Waals surface area contributed by atoms with Gasteiger partial charge in [0.05, 0.1) is 0 Å². The van der Waals surface area contributed by atoms with Crippen molar-refractivity contribution in [1.29, 1.82) is 0 Å². The standard InChI is InChI=1S/C22H28N2O3/c1-4-24(5-2)15-18-12-10-17(11-13-18)14-23-22(25)21-16(3)26-19-8-6-7-9-20(19)27-21/h6-13,16,21H,4-5,14-15H2,1-3H3,(H,23,25)/t16-,21-/m1/s1. The molecule has 2 aromatic carbocycles. The van der Waals surface area contributed by atoms with Crippen molar-refractivity contribution in [2.24, 2.45) is 0 Å². The zero-order valence-electron chi connectivity index (χ0n) is 16.3. The molecular formula is C22H28N2O3. The minimum Gasteiger partial charge on any atom is -0.482 e. The zero-order chi connectivity index (χ0) is 19.2. The Bertz CT molecular complexity index is 756. The predicted octanol–water partition coefficient (Wildman–Crippen LogP) is 3.37. The number of hydrogen-bond acceptors (Lipinski definition) is 4. The van der Waals surface area contributed by atoms with E-state index in [-0.39, 0.29) is 12.0 Å². The topological polar surface area (TPSA) is 50.8 Å². The molecule has 27 heavy (non-hydrogen) atoms. The lowest BCUT2D eigenvalue weighted by Gasteiger charge is -2.31. The molecule has 0 saturated carbocycles. The van der Waals surface area contributed by atoms with Crippen molar-refractivity contribution in [3.8, 4) is 11.5 Å². The van der Waals surface area contributed by atoms with Crippen LogP contribution in [0.3, 0.4) is 0 Å². The molecule has 1 aliphatic rings. The van der Waals surface area contributed by atoms with Crippen LogP contribution in [0.25, 0.3) is 0 Å². The first-order valence-corrected chi connectivity index (χ1v) is 9.61. The van der Waals surface area contributed by atoms with Gasteiger partial charge in [-0.05, 0) is 43.3 Å². The van der Waals surface area contributed by atoms with E-state index in [1.54, 1.807) is 0 Å². The molecule has 0 fully saturated rings. The fourth-order valence-electron chi connectivity index (χ4n) is 3.16. The number of carbonyl (C=O) groups is 1. The summed E-state index contributed by atoms with van der Waals surface area (Å²) in [5, 5.41) is 2.96. The number of fused-ring (bicyclic) bond motifs is 1. The Hall–Kier alpha value is -2.53. The number of para-hydroxylation sites is 2. The largest absolute Gasteiger partial charge is 0.482 e. The second-order valence-electron chi connectivity index (χ2n) is 6.80. The predicted molar refractivity (Wildman–Crippen MR) is 106 cm³/mol. The molecule has 144 valence electrons. The molecule has 5 heteroatoms. The lowest BCUT2D eigenvalue weighted by atomic mass is 10.1. The summed E-state index contributed by atoms with van der Waals surface area (Å²) in [5.74, 6) is 1.12. The summed E-state index contributed by atoms with van der Waals surface area (Å²) in [6, 6.07) is 15.8. The van der Waals surface area contributed by atoms with Crippen LogP contribution in [-0.2, 0) is 17.9 Å². The number of nitrogens with zero attached hydrogens (tertiary/aromatic N) is 1. The summed E-state index contributed by atoms with van der Waals surface area (Å²) in [7, 11) is 0. The molecule has 5 nitrogen and oxygen atoms in total. The van der Waals surface area contributed by atoms with Crippen molar-refractivity contribution in [1.82, 2.24) is 10.2 Å². The van der Waals surface area contributed by atoms with Crippen LogP contribution in [0.5, 0.6) is 11.5 Å². The minimum atomic E-state index is -0.651. The molecule has 2 atom stereocenters. The highest BCUT2D eigenvalue weighted by atomic mass is 16.6. The van der Waals surface area contributed by atoms with Crippen LogP contribution in [0, 0.1) is 0 Å². The number of rotatable bonds is 7. The van der Waals surface area contributed by atoms with E-state index in [4.69, 9.17) is 9.47 Å². The Morgan fingerprint density at radius 3 is 2.19 bits per heavy atom. The number of carbonyl (C=O) groups excluding carboxylic acids is 1.